The number of nitro benzene ring substituents is 1. The third-order valence-corrected chi connectivity index (χ3v) is 4.59. The Balaban J connectivity index is 2.01. The Hall–Kier alpha value is -2.42. The lowest BCUT2D eigenvalue weighted by molar-refractivity contribution is -0.384. The first-order chi connectivity index (χ1) is 11.9. The van der Waals surface area contributed by atoms with Crippen molar-refractivity contribution in [2.75, 3.05) is 0 Å². The molecule has 1 saturated heterocycles. The van der Waals surface area contributed by atoms with Gasteiger partial charge in [0.25, 0.3) is 11.6 Å². The molecule has 0 saturated carbocycles. The number of non-ortho nitro benzene ring substituents is 1. The van der Waals surface area contributed by atoms with Gasteiger partial charge in [-0.25, -0.2) is 0 Å². The zero-order valence-electron chi connectivity index (χ0n) is 12.4. The number of thiocarbonyl (C=S) groups is 1. The Labute approximate surface area is 157 Å². The van der Waals surface area contributed by atoms with Gasteiger partial charge in [-0.2, -0.15) is 0 Å². The van der Waals surface area contributed by atoms with Gasteiger partial charge in [0, 0.05) is 22.7 Å². The van der Waals surface area contributed by atoms with E-state index in [1.807, 2.05) is 0 Å². The molecule has 126 valence electrons. The van der Waals surface area contributed by atoms with Gasteiger partial charge in [-0.3, -0.25) is 14.9 Å². The Morgan fingerprint density at radius 1 is 1.24 bits per heavy atom. The van der Waals surface area contributed by atoms with Crippen molar-refractivity contribution in [3.05, 3.63) is 68.1 Å². The van der Waals surface area contributed by atoms with Crippen molar-refractivity contribution >= 4 is 57.6 Å². The number of halogens is 1. The van der Waals surface area contributed by atoms with Crippen LogP contribution in [0, 0.1) is 10.1 Å². The monoisotopic (exact) mass is 392 g/mol. The number of benzene rings is 2. The number of nitrogens with zero attached hydrogens (tertiary/aromatic N) is 1. The van der Waals surface area contributed by atoms with Crippen molar-refractivity contribution in [3.63, 3.8) is 0 Å². The van der Waals surface area contributed by atoms with Gasteiger partial charge in [0.2, 0.25) is 0 Å². The third-order valence-electron chi connectivity index (χ3n) is 3.17. The van der Waals surface area contributed by atoms with Crippen LogP contribution in [0.25, 0.3) is 6.08 Å². The molecule has 0 aliphatic carbocycles. The number of thioether (sulfide) groups is 1. The minimum Gasteiger partial charge on any atom is -0.457 e. The summed E-state index contributed by atoms with van der Waals surface area (Å²) in [4.78, 5) is 22.7. The number of rotatable bonds is 4. The molecule has 2 aromatic rings. The highest BCUT2D eigenvalue weighted by atomic mass is 35.5. The number of carbonyl (C=O) groups excluding carboxylic acids is 1. The second-order valence-corrected chi connectivity index (χ2v) is 7.04. The van der Waals surface area contributed by atoms with Gasteiger partial charge >= 0.3 is 0 Å². The zero-order valence-corrected chi connectivity index (χ0v) is 14.8. The molecule has 2 aromatic carbocycles. The number of hydrogen-bond donors (Lipinski definition) is 1. The van der Waals surface area contributed by atoms with Crippen molar-refractivity contribution in [2.24, 2.45) is 0 Å². The molecule has 3 rings (SSSR count). The molecule has 1 amide bonds. The molecular formula is C16H9ClN2O4S2. The van der Waals surface area contributed by atoms with Crippen LogP contribution < -0.4 is 10.1 Å². The van der Waals surface area contributed by atoms with E-state index in [9.17, 15) is 14.9 Å². The summed E-state index contributed by atoms with van der Waals surface area (Å²) in [5.74, 6) is 0.530. The van der Waals surface area contributed by atoms with E-state index in [4.69, 9.17) is 28.6 Å². The molecule has 6 nitrogen and oxygen atoms in total. The van der Waals surface area contributed by atoms with Gasteiger partial charge in [0.1, 0.15) is 15.8 Å². The zero-order chi connectivity index (χ0) is 18.0. The second-order valence-electron chi connectivity index (χ2n) is 4.89. The molecule has 1 aliphatic rings. The molecule has 25 heavy (non-hydrogen) atoms. The number of nitro groups is 1. The van der Waals surface area contributed by atoms with E-state index in [1.54, 1.807) is 24.3 Å². The molecule has 1 aliphatic heterocycles. The van der Waals surface area contributed by atoms with Crippen LogP contribution in [0.1, 0.15) is 5.56 Å². The molecule has 0 spiro atoms. The fraction of sp³-hybridized carbons (Fsp3) is 0. The van der Waals surface area contributed by atoms with Crippen LogP contribution in [0.5, 0.6) is 11.5 Å². The van der Waals surface area contributed by atoms with Crippen LogP contribution in [0.2, 0.25) is 5.02 Å². The first-order valence-electron chi connectivity index (χ1n) is 6.89. The van der Waals surface area contributed by atoms with Crippen LogP contribution in [-0.2, 0) is 4.79 Å². The number of hydrogen-bond acceptors (Lipinski definition) is 6. The molecule has 1 fully saturated rings. The van der Waals surface area contributed by atoms with Gasteiger partial charge in [0.05, 0.1) is 9.83 Å². The highest BCUT2D eigenvalue weighted by Gasteiger charge is 2.23. The summed E-state index contributed by atoms with van der Waals surface area (Å²) in [5, 5.41) is 14.1. The normalized spacial score (nSPS) is 15.3. The average molecular weight is 393 g/mol. The van der Waals surface area contributed by atoms with Gasteiger partial charge < -0.3 is 10.1 Å². The van der Waals surface area contributed by atoms with Crippen LogP contribution in [0.15, 0.2) is 47.4 Å². The highest BCUT2D eigenvalue weighted by Crippen LogP contribution is 2.34. The van der Waals surface area contributed by atoms with Crippen molar-refractivity contribution in [1.29, 1.82) is 0 Å². The van der Waals surface area contributed by atoms with Gasteiger partial charge in [0.15, 0.2) is 0 Å². The topological polar surface area (TPSA) is 81.5 Å². The summed E-state index contributed by atoms with van der Waals surface area (Å²) in [7, 11) is 0. The maximum absolute atomic E-state index is 11.8. The lowest BCUT2D eigenvalue weighted by atomic mass is 10.1. The quantitative estimate of drug-likeness (QED) is 0.356. The highest BCUT2D eigenvalue weighted by molar-refractivity contribution is 8.26. The van der Waals surface area contributed by atoms with E-state index in [2.05, 4.69) is 5.32 Å². The smallest absolute Gasteiger partial charge is 0.270 e. The lowest BCUT2D eigenvalue weighted by Crippen LogP contribution is -2.17. The van der Waals surface area contributed by atoms with E-state index < -0.39 is 4.92 Å². The van der Waals surface area contributed by atoms with Crippen molar-refractivity contribution in [2.45, 2.75) is 0 Å². The molecule has 0 atom stereocenters. The van der Waals surface area contributed by atoms with E-state index in [1.165, 1.54) is 24.3 Å². The molecule has 0 unspecified atom stereocenters. The largest absolute Gasteiger partial charge is 0.457 e. The summed E-state index contributed by atoms with van der Waals surface area (Å²) in [6.07, 6.45) is 1.51. The second kappa shape index (κ2) is 7.22. The minimum atomic E-state index is -0.513. The fourth-order valence-corrected chi connectivity index (χ4v) is 3.21. The van der Waals surface area contributed by atoms with E-state index in [0.717, 1.165) is 11.8 Å². The van der Waals surface area contributed by atoms with E-state index in [0.29, 0.717) is 31.3 Å². The minimum absolute atomic E-state index is 0.110. The molecular weight excluding hydrogens is 384 g/mol. The number of amides is 1. The predicted octanol–water partition coefficient (Wildman–Crippen LogP) is 4.53. The number of nitrogens with one attached hydrogen (secondary N) is 1. The molecule has 1 heterocycles. The van der Waals surface area contributed by atoms with Crippen LogP contribution >= 0.6 is 35.6 Å². The van der Waals surface area contributed by atoms with E-state index in [-0.39, 0.29) is 11.6 Å². The molecule has 0 aromatic heterocycles. The van der Waals surface area contributed by atoms with Crippen LogP contribution in [0.4, 0.5) is 5.69 Å². The Morgan fingerprint density at radius 3 is 2.56 bits per heavy atom. The first kappa shape index (κ1) is 17.4. The van der Waals surface area contributed by atoms with Crippen molar-refractivity contribution in [1.82, 2.24) is 5.32 Å². The maximum Gasteiger partial charge on any atom is 0.270 e. The Kier molecular flexibility index (Phi) is 5.03. The maximum atomic E-state index is 11.8. The summed E-state index contributed by atoms with van der Waals surface area (Å²) >= 11 is 11.9. The summed E-state index contributed by atoms with van der Waals surface area (Å²) in [6.45, 7) is 0. The summed E-state index contributed by atoms with van der Waals surface area (Å²) < 4.78 is 6.11. The summed E-state index contributed by atoms with van der Waals surface area (Å²) in [6, 6.07) is 10.8. The molecule has 0 bridgehead atoms. The Morgan fingerprint density at radius 2 is 1.96 bits per heavy atom. The predicted molar refractivity (Wildman–Crippen MR) is 101 cm³/mol. The first-order valence-corrected chi connectivity index (χ1v) is 8.49. The number of carbonyl (C=O) groups is 1. The molecule has 1 N–H and O–H groups in total. The molecule has 9 heteroatoms. The third kappa shape index (κ3) is 4.16. The fourth-order valence-electron chi connectivity index (χ4n) is 2.05. The number of ether oxygens (including phenoxy) is 1. The van der Waals surface area contributed by atoms with E-state index >= 15 is 0 Å². The van der Waals surface area contributed by atoms with Gasteiger partial charge in [-0.15, -0.1) is 0 Å². The van der Waals surface area contributed by atoms with Gasteiger partial charge in [-0.1, -0.05) is 35.6 Å². The van der Waals surface area contributed by atoms with Gasteiger partial charge in [-0.05, 0) is 36.4 Å². The molecule has 0 radical (unpaired) electrons. The standard InChI is InChI=1S/C16H9ClN2O4S2/c17-10-1-4-12(5-2-10)23-13-6-3-11(19(21)22)7-9(13)8-14-15(20)18-16(24)25-14/h1-8H,(H,18,20,24)/b14-8+. The SMILES string of the molecule is O=C1NC(=S)S/C1=C/c1cc([N+](=O)[O-])ccc1Oc1ccc(Cl)cc1. The van der Waals surface area contributed by atoms with Crippen LogP contribution in [0.3, 0.4) is 0 Å². The lowest BCUT2D eigenvalue weighted by Gasteiger charge is -2.09. The average Bonchev–Trinajstić information content (AvgIpc) is 2.88. The van der Waals surface area contributed by atoms with Crippen molar-refractivity contribution in [3.8, 4) is 11.5 Å². The van der Waals surface area contributed by atoms with Crippen molar-refractivity contribution < 1.29 is 14.5 Å². The van der Waals surface area contributed by atoms with Crippen LogP contribution in [-0.4, -0.2) is 15.2 Å². The summed E-state index contributed by atoms with van der Waals surface area (Å²) in [5.41, 5.74) is 0.285. The Bertz CT molecular complexity index is 913.